The summed E-state index contributed by atoms with van der Waals surface area (Å²) < 4.78 is 5.52. The lowest BCUT2D eigenvalue weighted by Crippen LogP contribution is -2.49. The minimum absolute atomic E-state index is 0.600. The minimum atomic E-state index is 0.600. The van der Waals surface area contributed by atoms with Crippen molar-refractivity contribution < 1.29 is 4.74 Å². The van der Waals surface area contributed by atoms with E-state index in [0.717, 1.165) is 62.6 Å². The summed E-state index contributed by atoms with van der Waals surface area (Å²) in [7, 11) is 5.70. The first-order valence-corrected chi connectivity index (χ1v) is 11.0. The maximum atomic E-state index is 6.23. The highest BCUT2D eigenvalue weighted by atomic mass is 16.5. The average Bonchev–Trinajstić information content (AvgIpc) is 3.18. The van der Waals surface area contributed by atoms with Crippen molar-refractivity contribution in [1.82, 2.24) is 24.8 Å². The van der Waals surface area contributed by atoms with Gasteiger partial charge in [0.2, 0.25) is 0 Å². The molecule has 30 heavy (non-hydrogen) atoms. The number of methoxy groups -OCH3 is 1. The molecule has 3 rings (SSSR count). The Balaban J connectivity index is 1.82. The second kappa shape index (κ2) is 10.1. The third-order valence-electron chi connectivity index (χ3n) is 6.20. The van der Waals surface area contributed by atoms with E-state index in [9.17, 15) is 0 Å². The molecule has 1 saturated heterocycles. The number of hydrogen-bond donors (Lipinski definition) is 1. The highest BCUT2D eigenvalue weighted by Crippen LogP contribution is 2.37. The summed E-state index contributed by atoms with van der Waals surface area (Å²) in [6.07, 6.45) is 4.08. The Morgan fingerprint density at radius 1 is 1.17 bits per heavy atom. The van der Waals surface area contributed by atoms with Crippen LogP contribution in [0.25, 0.3) is 11.3 Å². The van der Waals surface area contributed by atoms with Crippen molar-refractivity contribution in [3.63, 3.8) is 0 Å². The minimum Gasteiger partial charge on any atom is -0.495 e. The van der Waals surface area contributed by atoms with Crippen LogP contribution in [0.5, 0.6) is 5.75 Å². The van der Waals surface area contributed by atoms with Crippen molar-refractivity contribution in [2.75, 3.05) is 64.1 Å². The van der Waals surface area contributed by atoms with Gasteiger partial charge in [0.05, 0.1) is 24.7 Å². The number of nitrogen functional groups attached to an aromatic ring is 1. The first kappa shape index (κ1) is 22.4. The molecular weight excluding hydrogens is 378 g/mol. The SMILES string of the molecule is CCC(CCN(CC)c1cc(OC)c(N)cc1-c1cnn(C)n1)N1CCN(C)CC1. The fraction of sp³-hybridized carbons (Fsp3) is 0.636. The average molecular weight is 416 g/mol. The molecule has 0 saturated carbocycles. The summed E-state index contributed by atoms with van der Waals surface area (Å²) in [5, 5.41) is 8.77. The lowest BCUT2D eigenvalue weighted by molar-refractivity contribution is 0.105. The van der Waals surface area contributed by atoms with Gasteiger partial charge in [-0.1, -0.05) is 6.92 Å². The number of ether oxygens (including phenoxy) is 1. The molecule has 1 fully saturated rings. The molecule has 0 aliphatic carbocycles. The molecule has 0 radical (unpaired) electrons. The smallest absolute Gasteiger partial charge is 0.143 e. The van der Waals surface area contributed by atoms with Crippen LogP contribution in [-0.4, -0.2) is 84.3 Å². The molecule has 0 amide bonds. The van der Waals surface area contributed by atoms with Gasteiger partial charge in [0.25, 0.3) is 0 Å². The normalized spacial score (nSPS) is 16.6. The van der Waals surface area contributed by atoms with Crippen LogP contribution in [0.4, 0.5) is 11.4 Å². The molecule has 1 aromatic heterocycles. The van der Waals surface area contributed by atoms with Crippen LogP contribution < -0.4 is 15.4 Å². The van der Waals surface area contributed by atoms with E-state index >= 15 is 0 Å². The summed E-state index contributed by atoms with van der Waals surface area (Å²) in [4.78, 5) is 9.05. The zero-order valence-electron chi connectivity index (χ0n) is 19.1. The molecule has 1 unspecified atom stereocenters. The van der Waals surface area contributed by atoms with Gasteiger partial charge in [-0.2, -0.15) is 15.0 Å². The van der Waals surface area contributed by atoms with Crippen molar-refractivity contribution in [3.8, 4) is 17.0 Å². The van der Waals surface area contributed by atoms with Crippen LogP contribution in [0.1, 0.15) is 26.7 Å². The van der Waals surface area contributed by atoms with E-state index in [-0.39, 0.29) is 0 Å². The summed E-state index contributed by atoms with van der Waals surface area (Å²) in [5.41, 5.74) is 9.76. The number of anilines is 2. The molecule has 2 aromatic rings. The molecule has 8 heteroatoms. The zero-order valence-corrected chi connectivity index (χ0v) is 19.1. The fourth-order valence-corrected chi connectivity index (χ4v) is 4.28. The Bertz CT molecular complexity index is 814. The maximum Gasteiger partial charge on any atom is 0.143 e. The molecule has 8 nitrogen and oxygen atoms in total. The standard InChI is InChI=1S/C22H37N7O/c1-6-17(29-12-10-26(3)11-13-29)8-9-28(7-2)21-15-22(30-5)19(23)14-18(21)20-16-24-27(4)25-20/h14-17H,6-13,23H2,1-5H3. The Labute approximate surface area is 180 Å². The molecule has 1 atom stereocenters. The summed E-state index contributed by atoms with van der Waals surface area (Å²) in [5.74, 6) is 0.696. The first-order chi connectivity index (χ1) is 14.5. The van der Waals surface area contributed by atoms with Gasteiger partial charge in [-0.15, -0.1) is 0 Å². The van der Waals surface area contributed by atoms with E-state index in [1.807, 2.05) is 19.2 Å². The van der Waals surface area contributed by atoms with Crippen LogP contribution in [-0.2, 0) is 7.05 Å². The number of hydrogen-bond acceptors (Lipinski definition) is 7. The van der Waals surface area contributed by atoms with E-state index in [1.54, 1.807) is 18.1 Å². The van der Waals surface area contributed by atoms with Crippen LogP contribution in [0.3, 0.4) is 0 Å². The Morgan fingerprint density at radius 3 is 2.47 bits per heavy atom. The highest BCUT2D eigenvalue weighted by Gasteiger charge is 2.23. The van der Waals surface area contributed by atoms with Crippen molar-refractivity contribution >= 4 is 11.4 Å². The number of aryl methyl sites for hydroxylation is 1. The van der Waals surface area contributed by atoms with Gasteiger partial charge >= 0.3 is 0 Å². The van der Waals surface area contributed by atoms with E-state index in [1.165, 1.54) is 6.42 Å². The highest BCUT2D eigenvalue weighted by molar-refractivity contribution is 5.82. The van der Waals surface area contributed by atoms with Gasteiger partial charge in [-0.05, 0) is 32.9 Å². The molecule has 1 aliphatic heterocycles. The predicted molar refractivity (Wildman–Crippen MR) is 123 cm³/mol. The van der Waals surface area contributed by atoms with Gasteiger partial charge < -0.3 is 20.3 Å². The summed E-state index contributed by atoms with van der Waals surface area (Å²) in [6, 6.07) is 4.60. The third kappa shape index (κ3) is 5.05. The second-order valence-corrected chi connectivity index (χ2v) is 8.10. The predicted octanol–water partition coefficient (Wildman–Crippen LogP) is 2.32. The number of aromatic nitrogens is 3. The lowest BCUT2D eigenvalue weighted by atomic mass is 10.0. The molecule has 0 spiro atoms. The van der Waals surface area contributed by atoms with E-state index in [4.69, 9.17) is 10.5 Å². The molecule has 2 N–H and O–H groups in total. The van der Waals surface area contributed by atoms with Crippen LogP contribution in [0.15, 0.2) is 18.3 Å². The van der Waals surface area contributed by atoms with Crippen LogP contribution >= 0.6 is 0 Å². The lowest BCUT2D eigenvalue weighted by Gasteiger charge is -2.38. The fourth-order valence-electron chi connectivity index (χ4n) is 4.28. The zero-order chi connectivity index (χ0) is 21.7. The number of benzene rings is 1. The van der Waals surface area contributed by atoms with E-state index < -0.39 is 0 Å². The first-order valence-electron chi connectivity index (χ1n) is 11.0. The topological polar surface area (TPSA) is 75.7 Å². The van der Waals surface area contributed by atoms with E-state index in [0.29, 0.717) is 17.5 Å². The van der Waals surface area contributed by atoms with Crippen molar-refractivity contribution in [1.29, 1.82) is 0 Å². The summed E-state index contributed by atoms with van der Waals surface area (Å²) in [6.45, 7) is 11.0. The molecule has 0 bridgehead atoms. The van der Waals surface area contributed by atoms with Gasteiger partial charge in [-0.25, -0.2) is 0 Å². The summed E-state index contributed by atoms with van der Waals surface area (Å²) >= 11 is 0. The maximum absolute atomic E-state index is 6.23. The van der Waals surface area contributed by atoms with E-state index in [2.05, 4.69) is 45.8 Å². The van der Waals surface area contributed by atoms with Gasteiger partial charge in [0, 0.05) is 64.0 Å². The number of rotatable bonds is 9. The van der Waals surface area contributed by atoms with Crippen molar-refractivity contribution in [2.24, 2.45) is 7.05 Å². The van der Waals surface area contributed by atoms with Crippen molar-refractivity contribution in [2.45, 2.75) is 32.7 Å². The molecule has 1 aliphatic rings. The van der Waals surface area contributed by atoms with Crippen LogP contribution in [0.2, 0.25) is 0 Å². The second-order valence-electron chi connectivity index (χ2n) is 8.10. The van der Waals surface area contributed by atoms with Gasteiger partial charge in [0.15, 0.2) is 0 Å². The quantitative estimate of drug-likeness (QED) is 0.630. The Hall–Kier alpha value is -2.32. The monoisotopic (exact) mass is 415 g/mol. The molecule has 1 aromatic carbocycles. The number of likely N-dealkylation sites (N-methyl/N-ethyl adjacent to an activating group) is 1. The largest absolute Gasteiger partial charge is 0.495 e. The molecule has 2 heterocycles. The van der Waals surface area contributed by atoms with Crippen LogP contribution in [0, 0.1) is 0 Å². The number of nitrogens with zero attached hydrogens (tertiary/aromatic N) is 6. The Morgan fingerprint density at radius 2 is 1.90 bits per heavy atom. The van der Waals surface area contributed by atoms with Gasteiger partial charge in [0.1, 0.15) is 11.4 Å². The molecular formula is C22H37N7O. The van der Waals surface area contributed by atoms with Crippen molar-refractivity contribution in [3.05, 3.63) is 18.3 Å². The molecule has 166 valence electrons. The Kier molecular flexibility index (Phi) is 7.55. The third-order valence-corrected chi connectivity index (χ3v) is 6.20. The van der Waals surface area contributed by atoms with Gasteiger partial charge in [-0.3, -0.25) is 4.90 Å². The number of nitrogens with two attached hydrogens (primary N) is 1. The number of piperazine rings is 1.